The molecule has 0 aromatic rings. The molecule has 96 valence electrons. The summed E-state index contributed by atoms with van der Waals surface area (Å²) in [5, 5.41) is 3.39. The van der Waals surface area contributed by atoms with Gasteiger partial charge in [0.25, 0.3) is 0 Å². The summed E-state index contributed by atoms with van der Waals surface area (Å²) < 4.78 is 0. The SMILES string of the molecule is CN(CCN1CCNCC1)CCC(C)(C)C. The Morgan fingerprint density at radius 3 is 2.31 bits per heavy atom. The van der Waals surface area contributed by atoms with Crippen LogP contribution in [0.25, 0.3) is 0 Å². The van der Waals surface area contributed by atoms with E-state index >= 15 is 0 Å². The summed E-state index contributed by atoms with van der Waals surface area (Å²) in [6, 6.07) is 0. The summed E-state index contributed by atoms with van der Waals surface area (Å²) in [6.45, 7) is 15.3. The monoisotopic (exact) mass is 227 g/mol. The summed E-state index contributed by atoms with van der Waals surface area (Å²) in [7, 11) is 2.24. The molecule has 3 nitrogen and oxygen atoms in total. The van der Waals surface area contributed by atoms with Gasteiger partial charge in [-0.15, -0.1) is 0 Å². The predicted octanol–water partition coefficient (Wildman–Crippen LogP) is 1.26. The zero-order chi connectivity index (χ0) is 12.0. The van der Waals surface area contributed by atoms with Gasteiger partial charge >= 0.3 is 0 Å². The molecule has 1 fully saturated rings. The van der Waals surface area contributed by atoms with Gasteiger partial charge in [0.05, 0.1) is 0 Å². The molecule has 0 unspecified atom stereocenters. The molecule has 1 rings (SSSR count). The second-order valence-electron chi connectivity index (χ2n) is 6.21. The van der Waals surface area contributed by atoms with Gasteiger partial charge in [0.15, 0.2) is 0 Å². The molecule has 0 radical (unpaired) electrons. The van der Waals surface area contributed by atoms with Crippen LogP contribution in [0.1, 0.15) is 27.2 Å². The molecule has 0 aromatic heterocycles. The van der Waals surface area contributed by atoms with Gasteiger partial charge in [0.1, 0.15) is 0 Å². The van der Waals surface area contributed by atoms with E-state index in [1.54, 1.807) is 0 Å². The van der Waals surface area contributed by atoms with Crippen LogP contribution >= 0.6 is 0 Å². The Morgan fingerprint density at radius 2 is 1.75 bits per heavy atom. The van der Waals surface area contributed by atoms with E-state index in [0.717, 1.165) is 13.1 Å². The van der Waals surface area contributed by atoms with Gasteiger partial charge < -0.3 is 10.2 Å². The van der Waals surface area contributed by atoms with Crippen LogP contribution in [0.15, 0.2) is 0 Å². The molecule has 1 saturated heterocycles. The van der Waals surface area contributed by atoms with Gasteiger partial charge in [0, 0.05) is 39.3 Å². The Morgan fingerprint density at radius 1 is 1.12 bits per heavy atom. The normalized spacial score (nSPS) is 19.3. The van der Waals surface area contributed by atoms with Crippen molar-refractivity contribution in [2.75, 3.05) is 52.9 Å². The lowest BCUT2D eigenvalue weighted by Crippen LogP contribution is -2.46. The van der Waals surface area contributed by atoms with Crippen molar-refractivity contribution in [2.45, 2.75) is 27.2 Å². The predicted molar refractivity (Wildman–Crippen MR) is 70.9 cm³/mol. The van der Waals surface area contributed by atoms with E-state index in [1.165, 1.54) is 39.1 Å². The van der Waals surface area contributed by atoms with E-state index in [0.29, 0.717) is 5.41 Å². The van der Waals surface area contributed by atoms with Crippen molar-refractivity contribution in [2.24, 2.45) is 5.41 Å². The molecule has 1 heterocycles. The molecule has 0 spiro atoms. The average Bonchev–Trinajstić information content (AvgIpc) is 2.24. The summed E-state index contributed by atoms with van der Waals surface area (Å²) in [5.74, 6) is 0. The van der Waals surface area contributed by atoms with Crippen LogP contribution in [0.4, 0.5) is 0 Å². The van der Waals surface area contributed by atoms with Gasteiger partial charge in [-0.3, -0.25) is 4.90 Å². The molecule has 1 N–H and O–H groups in total. The second-order valence-corrected chi connectivity index (χ2v) is 6.21. The number of hydrogen-bond acceptors (Lipinski definition) is 3. The topological polar surface area (TPSA) is 18.5 Å². The third-order valence-corrected chi connectivity index (χ3v) is 3.25. The fourth-order valence-electron chi connectivity index (χ4n) is 1.88. The van der Waals surface area contributed by atoms with Gasteiger partial charge in [-0.25, -0.2) is 0 Å². The number of hydrogen-bond donors (Lipinski definition) is 1. The lowest BCUT2D eigenvalue weighted by Gasteiger charge is -2.30. The molecule has 0 aromatic carbocycles. The number of likely N-dealkylation sites (N-methyl/N-ethyl adjacent to an activating group) is 1. The van der Waals surface area contributed by atoms with Crippen molar-refractivity contribution in [1.82, 2.24) is 15.1 Å². The minimum Gasteiger partial charge on any atom is -0.314 e. The first-order chi connectivity index (χ1) is 7.47. The summed E-state index contributed by atoms with van der Waals surface area (Å²) in [6.07, 6.45) is 1.28. The maximum absolute atomic E-state index is 3.39. The van der Waals surface area contributed by atoms with Crippen molar-refractivity contribution in [3.63, 3.8) is 0 Å². The van der Waals surface area contributed by atoms with Gasteiger partial charge in [-0.05, 0) is 25.4 Å². The van der Waals surface area contributed by atoms with Crippen LogP contribution in [0.2, 0.25) is 0 Å². The molecule has 0 atom stereocenters. The first-order valence-corrected chi connectivity index (χ1v) is 6.59. The van der Waals surface area contributed by atoms with Crippen LogP contribution in [0.5, 0.6) is 0 Å². The fraction of sp³-hybridized carbons (Fsp3) is 1.00. The van der Waals surface area contributed by atoms with E-state index in [-0.39, 0.29) is 0 Å². The number of nitrogens with zero attached hydrogens (tertiary/aromatic N) is 2. The smallest absolute Gasteiger partial charge is 0.0110 e. The van der Waals surface area contributed by atoms with Crippen LogP contribution < -0.4 is 5.32 Å². The quantitative estimate of drug-likeness (QED) is 0.763. The van der Waals surface area contributed by atoms with Crippen LogP contribution in [-0.2, 0) is 0 Å². The number of rotatable bonds is 5. The van der Waals surface area contributed by atoms with Crippen LogP contribution in [-0.4, -0.2) is 62.7 Å². The number of piperazine rings is 1. The highest BCUT2D eigenvalue weighted by molar-refractivity contribution is 4.69. The first-order valence-electron chi connectivity index (χ1n) is 6.59. The van der Waals surface area contributed by atoms with Crippen LogP contribution in [0, 0.1) is 5.41 Å². The molecule has 3 heteroatoms. The van der Waals surface area contributed by atoms with Gasteiger partial charge in [-0.2, -0.15) is 0 Å². The zero-order valence-corrected chi connectivity index (χ0v) is 11.6. The van der Waals surface area contributed by atoms with Gasteiger partial charge in [0.2, 0.25) is 0 Å². The molecular formula is C13H29N3. The van der Waals surface area contributed by atoms with E-state index < -0.39 is 0 Å². The van der Waals surface area contributed by atoms with Crippen molar-refractivity contribution in [1.29, 1.82) is 0 Å². The maximum atomic E-state index is 3.39. The Bertz CT molecular complexity index is 180. The van der Waals surface area contributed by atoms with Crippen molar-refractivity contribution in [3.05, 3.63) is 0 Å². The highest BCUT2D eigenvalue weighted by Crippen LogP contribution is 2.18. The highest BCUT2D eigenvalue weighted by atomic mass is 15.2. The third-order valence-electron chi connectivity index (χ3n) is 3.25. The molecule has 1 aliphatic heterocycles. The highest BCUT2D eigenvalue weighted by Gasteiger charge is 2.13. The van der Waals surface area contributed by atoms with E-state index in [1.807, 2.05) is 0 Å². The Hall–Kier alpha value is -0.120. The van der Waals surface area contributed by atoms with E-state index in [9.17, 15) is 0 Å². The van der Waals surface area contributed by atoms with Crippen molar-refractivity contribution < 1.29 is 0 Å². The largest absolute Gasteiger partial charge is 0.314 e. The third kappa shape index (κ3) is 6.46. The van der Waals surface area contributed by atoms with Crippen LogP contribution in [0.3, 0.4) is 0 Å². The lowest BCUT2D eigenvalue weighted by molar-refractivity contribution is 0.193. The van der Waals surface area contributed by atoms with Crippen molar-refractivity contribution in [3.8, 4) is 0 Å². The minimum absolute atomic E-state index is 0.462. The lowest BCUT2D eigenvalue weighted by atomic mass is 9.92. The summed E-state index contributed by atoms with van der Waals surface area (Å²) in [4.78, 5) is 5.03. The van der Waals surface area contributed by atoms with Gasteiger partial charge in [-0.1, -0.05) is 20.8 Å². The molecule has 16 heavy (non-hydrogen) atoms. The summed E-state index contributed by atoms with van der Waals surface area (Å²) in [5.41, 5.74) is 0.462. The minimum atomic E-state index is 0.462. The summed E-state index contributed by atoms with van der Waals surface area (Å²) >= 11 is 0. The first kappa shape index (κ1) is 13.9. The maximum Gasteiger partial charge on any atom is 0.0110 e. The molecule has 0 saturated carbocycles. The van der Waals surface area contributed by atoms with Crippen molar-refractivity contribution >= 4 is 0 Å². The standard InChI is InChI=1S/C13H29N3/c1-13(2,3)5-8-15(4)11-12-16-9-6-14-7-10-16/h14H,5-12H2,1-4H3. The average molecular weight is 227 g/mol. The Labute approximate surface area is 101 Å². The van der Waals surface area contributed by atoms with E-state index in [4.69, 9.17) is 0 Å². The Balaban J connectivity index is 2.07. The molecule has 0 amide bonds. The fourth-order valence-corrected chi connectivity index (χ4v) is 1.88. The Kier molecular flexibility index (Phi) is 5.73. The zero-order valence-electron chi connectivity index (χ0n) is 11.6. The molecular weight excluding hydrogens is 198 g/mol. The molecule has 0 bridgehead atoms. The second kappa shape index (κ2) is 6.58. The number of nitrogens with one attached hydrogen (secondary N) is 1. The molecule has 0 aliphatic carbocycles. The molecule has 1 aliphatic rings. The van der Waals surface area contributed by atoms with E-state index in [2.05, 4.69) is 42.9 Å².